The van der Waals surface area contributed by atoms with Crippen LogP contribution in [-0.2, 0) is 18.4 Å². The fourth-order valence-corrected chi connectivity index (χ4v) is 6.39. The monoisotopic (exact) mass is 396 g/mol. The van der Waals surface area contributed by atoms with Crippen LogP contribution in [0.3, 0.4) is 0 Å². The van der Waals surface area contributed by atoms with Gasteiger partial charge in [-0.05, 0) is 44.1 Å². The maximum absolute atomic E-state index is 13.4. The number of rotatable bonds is 5. The van der Waals surface area contributed by atoms with E-state index in [9.17, 15) is 4.79 Å². The van der Waals surface area contributed by atoms with Gasteiger partial charge in [0, 0.05) is 23.3 Å². The first-order chi connectivity index (χ1) is 13.6. The van der Waals surface area contributed by atoms with E-state index >= 15 is 0 Å². The normalized spacial score (nSPS) is 17.6. The van der Waals surface area contributed by atoms with E-state index in [1.165, 1.54) is 36.1 Å². The molecule has 4 rings (SSSR count). The lowest BCUT2D eigenvalue weighted by atomic mass is 9.62. The van der Waals surface area contributed by atoms with Crippen molar-refractivity contribution < 1.29 is 0 Å². The highest BCUT2D eigenvalue weighted by Gasteiger charge is 2.43. The third-order valence-electron chi connectivity index (χ3n) is 6.53. The van der Waals surface area contributed by atoms with Crippen LogP contribution in [0.5, 0.6) is 0 Å². The van der Waals surface area contributed by atoms with Crippen molar-refractivity contribution in [3.8, 4) is 11.3 Å². The molecule has 0 bridgehead atoms. The molecule has 1 aromatic carbocycles. The first-order valence-electron chi connectivity index (χ1n) is 10.9. The summed E-state index contributed by atoms with van der Waals surface area (Å²) in [4.78, 5) is 18.0. The van der Waals surface area contributed by atoms with Gasteiger partial charge in [0.25, 0.3) is 5.56 Å². The predicted octanol–water partition coefficient (Wildman–Crippen LogP) is 5.83. The third kappa shape index (κ3) is 3.45. The molecule has 0 amide bonds. The zero-order chi connectivity index (χ0) is 19.7. The smallest absolute Gasteiger partial charge is 0.278 e. The van der Waals surface area contributed by atoms with E-state index in [0.29, 0.717) is 5.92 Å². The molecule has 0 radical (unpaired) electrons. The number of nitrogens with zero attached hydrogens (tertiary/aromatic N) is 2. The lowest BCUT2D eigenvalue weighted by Crippen LogP contribution is -2.42. The standard InChI is InChI=1S/C24H32N2OS/c1-4-26-21-19-11-7-6-10-18(19)16-24(13-8-5-9-14-24)20(21)22(27)25-23(26)28-15-12-17(2)3/h6-7,10-11,17H,4-5,8-9,12-16H2,1-3H3. The van der Waals surface area contributed by atoms with Crippen LogP contribution in [-0.4, -0.2) is 15.3 Å². The molecule has 0 aliphatic heterocycles. The predicted molar refractivity (Wildman–Crippen MR) is 118 cm³/mol. The van der Waals surface area contributed by atoms with Gasteiger partial charge >= 0.3 is 0 Å². The fourth-order valence-electron chi connectivity index (χ4n) is 5.10. The van der Waals surface area contributed by atoms with E-state index in [2.05, 4.69) is 54.6 Å². The second kappa shape index (κ2) is 8.06. The van der Waals surface area contributed by atoms with E-state index in [1.807, 2.05) is 0 Å². The molecule has 28 heavy (non-hydrogen) atoms. The van der Waals surface area contributed by atoms with E-state index < -0.39 is 0 Å². The van der Waals surface area contributed by atoms with Crippen LogP contribution in [0.25, 0.3) is 11.3 Å². The van der Waals surface area contributed by atoms with Crippen molar-refractivity contribution in [3.05, 3.63) is 45.7 Å². The average Bonchev–Trinajstić information content (AvgIpc) is 2.68. The largest absolute Gasteiger partial charge is 0.320 e. The number of hydrogen-bond acceptors (Lipinski definition) is 3. The van der Waals surface area contributed by atoms with Crippen molar-refractivity contribution in [1.29, 1.82) is 0 Å². The van der Waals surface area contributed by atoms with Crippen LogP contribution < -0.4 is 5.56 Å². The van der Waals surface area contributed by atoms with Crippen LogP contribution in [0.2, 0.25) is 0 Å². The molecule has 1 saturated carbocycles. The van der Waals surface area contributed by atoms with E-state index in [-0.39, 0.29) is 11.0 Å². The number of hydrogen-bond donors (Lipinski definition) is 0. The minimum atomic E-state index is -0.00985. The van der Waals surface area contributed by atoms with E-state index in [1.54, 1.807) is 11.8 Å². The van der Waals surface area contributed by atoms with Crippen LogP contribution in [0.1, 0.15) is 70.4 Å². The Balaban J connectivity index is 1.90. The number of thioether (sulfide) groups is 1. The highest BCUT2D eigenvalue weighted by atomic mass is 32.2. The van der Waals surface area contributed by atoms with Crippen LogP contribution in [0.15, 0.2) is 34.2 Å². The molecule has 0 atom stereocenters. The highest BCUT2D eigenvalue weighted by Crippen LogP contribution is 2.49. The summed E-state index contributed by atoms with van der Waals surface area (Å²) in [6.45, 7) is 7.53. The van der Waals surface area contributed by atoms with Gasteiger partial charge in [0.15, 0.2) is 5.16 Å². The Labute approximate surface area is 173 Å². The zero-order valence-electron chi connectivity index (χ0n) is 17.5. The first-order valence-corrected chi connectivity index (χ1v) is 11.9. The SMILES string of the molecule is CCn1c(SCCC(C)C)nc(=O)c2c1-c1ccccc1CC21CCCCC1. The first kappa shape index (κ1) is 19.8. The second-order valence-corrected chi connectivity index (χ2v) is 9.94. The van der Waals surface area contributed by atoms with E-state index in [4.69, 9.17) is 0 Å². The number of aromatic nitrogens is 2. The fraction of sp³-hybridized carbons (Fsp3) is 0.583. The van der Waals surface area contributed by atoms with Gasteiger partial charge in [-0.2, -0.15) is 4.98 Å². The molecule has 4 heteroatoms. The molecule has 0 N–H and O–H groups in total. The van der Waals surface area contributed by atoms with Gasteiger partial charge < -0.3 is 4.57 Å². The third-order valence-corrected chi connectivity index (χ3v) is 7.54. The highest BCUT2D eigenvalue weighted by molar-refractivity contribution is 7.99. The van der Waals surface area contributed by atoms with Gasteiger partial charge in [0.05, 0.1) is 11.3 Å². The molecule has 3 nitrogen and oxygen atoms in total. The number of fused-ring (bicyclic) bond motifs is 4. The van der Waals surface area contributed by atoms with Crippen LogP contribution in [0.4, 0.5) is 0 Å². The molecular weight excluding hydrogens is 364 g/mol. The molecule has 0 unspecified atom stereocenters. The summed E-state index contributed by atoms with van der Waals surface area (Å²) in [5, 5.41) is 0.898. The molecule has 1 heterocycles. The maximum atomic E-state index is 13.4. The quantitative estimate of drug-likeness (QED) is 0.471. The van der Waals surface area contributed by atoms with Gasteiger partial charge in [0.2, 0.25) is 0 Å². The van der Waals surface area contributed by atoms with Crippen molar-refractivity contribution in [2.24, 2.45) is 5.92 Å². The summed E-state index contributed by atoms with van der Waals surface area (Å²) in [6.07, 6.45) is 8.11. The lowest BCUT2D eigenvalue weighted by Gasteiger charge is -2.42. The van der Waals surface area contributed by atoms with Crippen LogP contribution in [0, 0.1) is 5.92 Å². The van der Waals surface area contributed by atoms with Gasteiger partial charge in [-0.3, -0.25) is 4.79 Å². The van der Waals surface area contributed by atoms with Crippen molar-refractivity contribution in [3.63, 3.8) is 0 Å². The molecule has 2 aliphatic rings. The second-order valence-electron chi connectivity index (χ2n) is 8.87. The Bertz CT molecular complexity index is 909. The summed E-state index contributed by atoms with van der Waals surface area (Å²) in [7, 11) is 0. The Morgan fingerprint density at radius 1 is 1.18 bits per heavy atom. The molecule has 2 aliphatic carbocycles. The Kier molecular flexibility index (Phi) is 5.69. The number of benzene rings is 1. The molecule has 1 spiro atoms. The topological polar surface area (TPSA) is 34.9 Å². The molecule has 1 aromatic heterocycles. The van der Waals surface area contributed by atoms with Crippen molar-refractivity contribution in [2.75, 3.05) is 5.75 Å². The van der Waals surface area contributed by atoms with E-state index in [0.717, 1.165) is 48.7 Å². The molecule has 2 aromatic rings. The van der Waals surface area contributed by atoms with Crippen molar-refractivity contribution in [1.82, 2.24) is 9.55 Å². The minimum Gasteiger partial charge on any atom is -0.320 e. The Morgan fingerprint density at radius 3 is 2.64 bits per heavy atom. The van der Waals surface area contributed by atoms with Crippen molar-refractivity contribution in [2.45, 2.75) is 82.8 Å². The van der Waals surface area contributed by atoms with Gasteiger partial charge in [-0.1, -0.05) is 69.1 Å². The Hall–Kier alpha value is -1.55. The zero-order valence-corrected chi connectivity index (χ0v) is 18.3. The van der Waals surface area contributed by atoms with Gasteiger partial charge in [-0.15, -0.1) is 0 Å². The summed E-state index contributed by atoms with van der Waals surface area (Å²) in [5.74, 6) is 1.67. The molecule has 1 fully saturated rings. The van der Waals surface area contributed by atoms with Crippen molar-refractivity contribution >= 4 is 11.8 Å². The van der Waals surface area contributed by atoms with Gasteiger partial charge in [0.1, 0.15) is 0 Å². The van der Waals surface area contributed by atoms with Crippen LogP contribution >= 0.6 is 11.8 Å². The molecule has 150 valence electrons. The molecule has 0 saturated heterocycles. The molecular formula is C24H32N2OS. The summed E-state index contributed by atoms with van der Waals surface area (Å²) in [5.41, 5.74) is 4.86. The maximum Gasteiger partial charge on any atom is 0.278 e. The Morgan fingerprint density at radius 2 is 1.93 bits per heavy atom. The average molecular weight is 397 g/mol. The summed E-state index contributed by atoms with van der Waals surface area (Å²) < 4.78 is 2.33. The minimum absolute atomic E-state index is 0.00985. The summed E-state index contributed by atoms with van der Waals surface area (Å²) >= 11 is 1.75. The summed E-state index contributed by atoms with van der Waals surface area (Å²) in [6, 6.07) is 8.73. The van der Waals surface area contributed by atoms with Gasteiger partial charge in [-0.25, -0.2) is 0 Å². The lowest BCUT2D eigenvalue weighted by molar-refractivity contribution is 0.282.